The highest BCUT2D eigenvalue weighted by molar-refractivity contribution is 6.33. The Morgan fingerprint density at radius 2 is 1.67 bits per heavy atom. The lowest BCUT2D eigenvalue weighted by atomic mass is 10.1. The van der Waals surface area contributed by atoms with E-state index in [9.17, 15) is 19.2 Å². The Balaban J connectivity index is 1.68. The summed E-state index contributed by atoms with van der Waals surface area (Å²) in [5.74, 6) is -2.36. The van der Waals surface area contributed by atoms with E-state index in [0.717, 1.165) is 11.1 Å². The highest BCUT2D eigenvalue weighted by atomic mass is 35.5. The molecule has 0 spiro atoms. The third-order valence-corrected chi connectivity index (χ3v) is 4.35. The summed E-state index contributed by atoms with van der Waals surface area (Å²) < 4.78 is 4.87. The van der Waals surface area contributed by atoms with Crippen molar-refractivity contribution in [3.63, 3.8) is 0 Å². The van der Waals surface area contributed by atoms with Gasteiger partial charge in [-0.3, -0.25) is 30.0 Å². The Labute approximate surface area is 178 Å². The maximum atomic E-state index is 11.9. The smallest absolute Gasteiger partial charge is 0.306 e. The summed E-state index contributed by atoms with van der Waals surface area (Å²) in [7, 11) is 0. The lowest BCUT2D eigenvalue weighted by molar-refractivity contribution is -0.148. The molecule has 0 atom stereocenters. The number of esters is 1. The number of nitrogens with one attached hydrogen (secondary N) is 3. The molecule has 8 nitrogen and oxygen atoms in total. The Hall–Kier alpha value is -3.39. The van der Waals surface area contributed by atoms with E-state index in [1.165, 1.54) is 6.07 Å². The number of aryl methyl sites for hydroxylation is 2. The number of anilines is 1. The minimum Gasteiger partial charge on any atom is -0.456 e. The topological polar surface area (TPSA) is 114 Å². The Bertz CT molecular complexity index is 961. The number of halogens is 1. The van der Waals surface area contributed by atoms with E-state index in [2.05, 4.69) is 16.2 Å². The molecule has 0 fully saturated rings. The fourth-order valence-electron chi connectivity index (χ4n) is 2.39. The van der Waals surface area contributed by atoms with Gasteiger partial charge in [0.1, 0.15) is 0 Å². The van der Waals surface area contributed by atoms with Gasteiger partial charge in [0.2, 0.25) is 5.91 Å². The molecule has 0 aromatic heterocycles. The van der Waals surface area contributed by atoms with Crippen LogP contribution in [0.2, 0.25) is 5.02 Å². The van der Waals surface area contributed by atoms with Crippen molar-refractivity contribution < 1.29 is 23.9 Å². The zero-order valence-electron chi connectivity index (χ0n) is 16.6. The van der Waals surface area contributed by atoms with Gasteiger partial charge in [0, 0.05) is 12.1 Å². The van der Waals surface area contributed by atoms with E-state index in [4.69, 9.17) is 16.3 Å². The van der Waals surface area contributed by atoms with Crippen LogP contribution in [-0.2, 0) is 19.1 Å². The SMILES string of the molecule is Cc1ccc(C)c(NC(=O)COC(=O)CCC(=O)NNC(=O)c2ccccc2Cl)c1. The van der Waals surface area contributed by atoms with Crippen LogP contribution in [0.25, 0.3) is 0 Å². The van der Waals surface area contributed by atoms with Crippen molar-refractivity contribution in [3.05, 3.63) is 64.2 Å². The van der Waals surface area contributed by atoms with Crippen LogP contribution in [0.4, 0.5) is 5.69 Å². The molecule has 0 heterocycles. The number of rotatable bonds is 7. The fraction of sp³-hybridized carbons (Fsp3) is 0.238. The molecule has 0 unspecified atom stereocenters. The van der Waals surface area contributed by atoms with Crippen molar-refractivity contribution in [2.75, 3.05) is 11.9 Å². The number of carbonyl (C=O) groups excluding carboxylic acids is 4. The summed E-state index contributed by atoms with van der Waals surface area (Å²) in [6.45, 7) is 3.29. The molecular weight excluding hydrogens is 410 g/mol. The Morgan fingerprint density at radius 3 is 2.40 bits per heavy atom. The number of carbonyl (C=O) groups is 4. The maximum Gasteiger partial charge on any atom is 0.306 e. The lowest BCUT2D eigenvalue weighted by Crippen LogP contribution is -2.41. The van der Waals surface area contributed by atoms with E-state index in [1.807, 2.05) is 32.0 Å². The van der Waals surface area contributed by atoms with Gasteiger partial charge >= 0.3 is 5.97 Å². The van der Waals surface area contributed by atoms with Gasteiger partial charge in [-0.25, -0.2) is 0 Å². The normalized spacial score (nSPS) is 10.1. The first-order chi connectivity index (χ1) is 14.3. The molecule has 2 aromatic carbocycles. The molecule has 9 heteroatoms. The number of hydrazine groups is 1. The van der Waals surface area contributed by atoms with Crippen LogP contribution in [0.3, 0.4) is 0 Å². The second-order valence-electron chi connectivity index (χ2n) is 6.51. The average Bonchev–Trinajstić information content (AvgIpc) is 2.72. The van der Waals surface area contributed by atoms with Gasteiger partial charge in [-0.1, -0.05) is 35.9 Å². The van der Waals surface area contributed by atoms with Gasteiger partial charge < -0.3 is 10.1 Å². The molecule has 2 rings (SSSR count). The number of ether oxygens (including phenoxy) is 1. The molecule has 3 N–H and O–H groups in total. The molecule has 158 valence electrons. The van der Waals surface area contributed by atoms with E-state index in [-0.39, 0.29) is 23.4 Å². The van der Waals surface area contributed by atoms with Crippen molar-refractivity contribution in [1.82, 2.24) is 10.9 Å². The predicted octanol–water partition coefficient (Wildman–Crippen LogP) is 2.68. The molecule has 0 aliphatic carbocycles. The van der Waals surface area contributed by atoms with E-state index in [0.29, 0.717) is 5.69 Å². The summed E-state index contributed by atoms with van der Waals surface area (Å²) in [6.07, 6.45) is -0.467. The van der Waals surface area contributed by atoms with Gasteiger partial charge in [-0.05, 0) is 43.2 Å². The summed E-state index contributed by atoms with van der Waals surface area (Å²) in [6, 6.07) is 12.0. The summed E-state index contributed by atoms with van der Waals surface area (Å²) in [5.41, 5.74) is 7.12. The highest BCUT2D eigenvalue weighted by Gasteiger charge is 2.13. The quantitative estimate of drug-likeness (QED) is 0.460. The van der Waals surface area contributed by atoms with Crippen LogP contribution in [-0.4, -0.2) is 30.3 Å². The van der Waals surface area contributed by atoms with Crippen LogP contribution in [0.15, 0.2) is 42.5 Å². The van der Waals surface area contributed by atoms with E-state index in [1.54, 1.807) is 18.2 Å². The first kappa shape index (κ1) is 22.9. The van der Waals surface area contributed by atoms with Crippen molar-refractivity contribution in [3.8, 4) is 0 Å². The zero-order chi connectivity index (χ0) is 22.1. The number of benzene rings is 2. The molecule has 3 amide bonds. The molecule has 0 aliphatic rings. The highest BCUT2D eigenvalue weighted by Crippen LogP contribution is 2.16. The molecule has 2 aromatic rings. The fourth-order valence-corrected chi connectivity index (χ4v) is 2.61. The number of amides is 3. The minimum absolute atomic E-state index is 0.203. The van der Waals surface area contributed by atoms with Crippen molar-refractivity contribution in [2.24, 2.45) is 0 Å². The average molecular weight is 432 g/mol. The maximum absolute atomic E-state index is 11.9. The van der Waals surface area contributed by atoms with Crippen LogP contribution in [0.5, 0.6) is 0 Å². The van der Waals surface area contributed by atoms with Gasteiger partial charge in [0.15, 0.2) is 6.61 Å². The van der Waals surface area contributed by atoms with Crippen LogP contribution < -0.4 is 16.2 Å². The molecule has 0 bridgehead atoms. The van der Waals surface area contributed by atoms with Gasteiger partial charge in [-0.15, -0.1) is 0 Å². The molecule has 0 saturated carbocycles. The van der Waals surface area contributed by atoms with Crippen LogP contribution in [0.1, 0.15) is 34.3 Å². The zero-order valence-corrected chi connectivity index (χ0v) is 17.3. The van der Waals surface area contributed by atoms with Gasteiger partial charge in [0.05, 0.1) is 17.0 Å². The first-order valence-corrected chi connectivity index (χ1v) is 9.50. The monoisotopic (exact) mass is 431 g/mol. The predicted molar refractivity (Wildman–Crippen MR) is 112 cm³/mol. The summed E-state index contributed by atoms with van der Waals surface area (Å²) in [4.78, 5) is 47.4. The second kappa shape index (κ2) is 11.0. The van der Waals surface area contributed by atoms with E-state index < -0.39 is 30.3 Å². The van der Waals surface area contributed by atoms with Crippen molar-refractivity contribution in [2.45, 2.75) is 26.7 Å². The third kappa shape index (κ3) is 7.21. The van der Waals surface area contributed by atoms with Crippen LogP contribution >= 0.6 is 11.6 Å². The Morgan fingerprint density at radius 1 is 0.933 bits per heavy atom. The molecular formula is C21H22ClN3O5. The standard InChI is InChI=1S/C21H22ClN3O5/c1-13-7-8-14(2)17(11-13)23-19(27)12-30-20(28)10-9-18(26)24-25-21(29)15-5-3-4-6-16(15)22/h3-8,11H,9-10,12H2,1-2H3,(H,23,27)(H,24,26)(H,25,29). The summed E-state index contributed by atoms with van der Waals surface area (Å²) in [5, 5.41) is 2.91. The largest absolute Gasteiger partial charge is 0.456 e. The molecule has 0 aliphatic heterocycles. The van der Waals surface area contributed by atoms with E-state index >= 15 is 0 Å². The van der Waals surface area contributed by atoms with Crippen LogP contribution in [0, 0.1) is 13.8 Å². The minimum atomic E-state index is -0.710. The number of hydrogen-bond donors (Lipinski definition) is 3. The number of hydrogen-bond acceptors (Lipinski definition) is 5. The molecule has 0 radical (unpaired) electrons. The lowest BCUT2D eigenvalue weighted by Gasteiger charge is -2.10. The molecule has 30 heavy (non-hydrogen) atoms. The molecule has 0 saturated heterocycles. The summed E-state index contributed by atoms with van der Waals surface area (Å²) >= 11 is 5.90. The van der Waals surface area contributed by atoms with Crippen molar-refractivity contribution >= 4 is 41.0 Å². The second-order valence-corrected chi connectivity index (χ2v) is 6.92. The van der Waals surface area contributed by atoms with Gasteiger partial charge in [0.25, 0.3) is 11.8 Å². The van der Waals surface area contributed by atoms with Gasteiger partial charge in [-0.2, -0.15) is 0 Å². The third-order valence-electron chi connectivity index (χ3n) is 4.02. The van der Waals surface area contributed by atoms with Crippen molar-refractivity contribution in [1.29, 1.82) is 0 Å². The Kier molecular flexibility index (Phi) is 8.37. The first-order valence-electron chi connectivity index (χ1n) is 9.12.